The Morgan fingerprint density at radius 3 is 2.77 bits per heavy atom. The lowest BCUT2D eigenvalue weighted by Gasteiger charge is -2.12. The third-order valence-electron chi connectivity index (χ3n) is 3.95. The maximum absolute atomic E-state index is 5.43. The zero-order valence-corrected chi connectivity index (χ0v) is 15.8. The van der Waals surface area contributed by atoms with Gasteiger partial charge in [-0.15, -0.1) is 0 Å². The van der Waals surface area contributed by atoms with Crippen molar-refractivity contribution < 1.29 is 13.9 Å². The summed E-state index contributed by atoms with van der Waals surface area (Å²) in [6.07, 6.45) is 5.51. The van der Waals surface area contributed by atoms with E-state index in [1.54, 1.807) is 18.0 Å². The van der Waals surface area contributed by atoms with E-state index in [2.05, 4.69) is 27.9 Å². The molecule has 2 heterocycles. The van der Waals surface area contributed by atoms with Crippen LogP contribution in [-0.4, -0.2) is 44.4 Å². The predicted octanol–water partition coefficient (Wildman–Crippen LogP) is 2.69. The second-order valence-corrected chi connectivity index (χ2v) is 6.83. The van der Waals surface area contributed by atoms with Crippen molar-refractivity contribution in [3.63, 3.8) is 0 Å². The predicted molar refractivity (Wildman–Crippen MR) is 105 cm³/mol. The van der Waals surface area contributed by atoms with Crippen molar-refractivity contribution in [2.45, 2.75) is 12.8 Å². The SMILES string of the molecule is CSCCN=C(NCCc1ccc2c(c1)OCO2)NCCc1ccco1. The molecule has 0 amide bonds. The third-order valence-corrected chi connectivity index (χ3v) is 4.54. The van der Waals surface area contributed by atoms with E-state index in [1.165, 1.54) is 5.56 Å². The lowest BCUT2D eigenvalue weighted by atomic mass is 10.1. The number of aliphatic imine (C=N–C) groups is 1. The van der Waals surface area contributed by atoms with Crippen molar-refractivity contribution >= 4 is 17.7 Å². The maximum atomic E-state index is 5.43. The van der Waals surface area contributed by atoms with E-state index in [4.69, 9.17) is 13.9 Å². The quantitative estimate of drug-likeness (QED) is 0.399. The normalized spacial score (nSPS) is 13.0. The molecule has 0 saturated heterocycles. The number of hydrogen-bond donors (Lipinski definition) is 2. The Kier molecular flexibility index (Phi) is 7.13. The molecule has 1 aromatic heterocycles. The van der Waals surface area contributed by atoms with Crippen molar-refractivity contribution in [2.75, 3.05) is 38.4 Å². The van der Waals surface area contributed by atoms with Crippen LogP contribution in [-0.2, 0) is 12.8 Å². The Morgan fingerprint density at radius 1 is 1.12 bits per heavy atom. The first-order valence-electron chi connectivity index (χ1n) is 8.77. The van der Waals surface area contributed by atoms with Gasteiger partial charge < -0.3 is 24.5 Å². The summed E-state index contributed by atoms with van der Waals surface area (Å²) in [5.74, 6) is 4.47. The molecule has 0 unspecified atom stereocenters. The summed E-state index contributed by atoms with van der Waals surface area (Å²) in [6.45, 7) is 2.68. The van der Waals surface area contributed by atoms with Crippen LogP contribution >= 0.6 is 11.8 Å². The number of benzene rings is 1. The van der Waals surface area contributed by atoms with Crippen LogP contribution in [0.4, 0.5) is 0 Å². The second-order valence-electron chi connectivity index (χ2n) is 5.84. The lowest BCUT2D eigenvalue weighted by molar-refractivity contribution is 0.174. The highest BCUT2D eigenvalue weighted by Crippen LogP contribution is 2.32. The summed E-state index contributed by atoms with van der Waals surface area (Å²) in [6, 6.07) is 9.97. The van der Waals surface area contributed by atoms with Crippen LogP contribution in [0.1, 0.15) is 11.3 Å². The van der Waals surface area contributed by atoms with Gasteiger partial charge in [-0.3, -0.25) is 4.99 Å². The number of hydrogen-bond acceptors (Lipinski definition) is 5. The smallest absolute Gasteiger partial charge is 0.231 e. The molecule has 0 fully saturated rings. The van der Waals surface area contributed by atoms with Crippen molar-refractivity contribution in [1.82, 2.24) is 10.6 Å². The molecule has 2 N–H and O–H groups in total. The monoisotopic (exact) mass is 375 g/mol. The van der Waals surface area contributed by atoms with Gasteiger partial charge in [0.05, 0.1) is 12.8 Å². The standard InChI is InChI=1S/C19H25N3O3S/c1-26-12-10-22-19(21-9-7-16-3-2-11-23-16)20-8-6-15-4-5-17-18(13-15)25-14-24-17/h2-5,11,13H,6-10,12,14H2,1H3,(H2,20,21,22). The van der Waals surface area contributed by atoms with Gasteiger partial charge in [-0.05, 0) is 42.5 Å². The molecular weight excluding hydrogens is 350 g/mol. The molecule has 1 aromatic carbocycles. The summed E-state index contributed by atoms with van der Waals surface area (Å²) in [4.78, 5) is 4.62. The highest BCUT2D eigenvalue weighted by Gasteiger charge is 2.12. The number of rotatable bonds is 9. The lowest BCUT2D eigenvalue weighted by Crippen LogP contribution is -2.39. The number of fused-ring (bicyclic) bond motifs is 1. The molecule has 1 aliphatic rings. The van der Waals surface area contributed by atoms with Crippen LogP contribution in [0.2, 0.25) is 0 Å². The number of guanidine groups is 1. The molecule has 0 bridgehead atoms. The highest BCUT2D eigenvalue weighted by molar-refractivity contribution is 7.98. The van der Waals surface area contributed by atoms with Gasteiger partial charge in [0.2, 0.25) is 6.79 Å². The van der Waals surface area contributed by atoms with Crippen LogP contribution in [0.25, 0.3) is 0 Å². The van der Waals surface area contributed by atoms with Gasteiger partial charge in [0.25, 0.3) is 0 Å². The molecule has 6 nitrogen and oxygen atoms in total. The minimum absolute atomic E-state index is 0.308. The molecule has 0 saturated carbocycles. The molecule has 2 aromatic rings. The van der Waals surface area contributed by atoms with E-state index in [0.29, 0.717) is 6.79 Å². The zero-order valence-electron chi connectivity index (χ0n) is 15.0. The molecule has 26 heavy (non-hydrogen) atoms. The maximum Gasteiger partial charge on any atom is 0.231 e. The second kappa shape index (κ2) is 10.0. The average molecular weight is 375 g/mol. The fourth-order valence-corrected chi connectivity index (χ4v) is 2.88. The van der Waals surface area contributed by atoms with Crippen LogP contribution < -0.4 is 20.1 Å². The first kappa shape index (κ1) is 18.5. The van der Waals surface area contributed by atoms with E-state index in [0.717, 1.165) is 61.4 Å². The largest absolute Gasteiger partial charge is 0.469 e. The number of thioether (sulfide) groups is 1. The van der Waals surface area contributed by atoms with Gasteiger partial charge in [-0.25, -0.2) is 0 Å². The van der Waals surface area contributed by atoms with Gasteiger partial charge in [0.15, 0.2) is 17.5 Å². The molecular formula is C19H25N3O3S. The third kappa shape index (κ3) is 5.62. The highest BCUT2D eigenvalue weighted by atomic mass is 32.2. The molecule has 0 aliphatic carbocycles. The van der Waals surface area contributed by atoms with E-state index in [1.807, 2.05) is 24.3 Å². The summed E-state index contributed by atoms with van der Waals surface area (Å²) in [5.41, 5.74) is 1.21. The molecule has 0 spiro atoms. The molecule has 1 aliphatic heterocycles. The number of nitrogens with zero attached hydrogens (tertiary/aromatic N) is 1. The van der Waals surface area contributed by atoms with Crippen LogP contribution in [0.15, 0.2) is 46.0 Å². The average Bonchev–Trinajstić information content (AvgIpc) is 3.32. The topological polar surface area (TPSA) is 68.0 Å². The fourth-order valence-electron chi connectivity index (χ4n) is 2.60. The fraction of sp³-hybridized carbons (Fsp3) is 0.421. The van der Waals surface area contributed by atoms with Crippen molar-refractivity contribution in [1.29, 1.82) is 0 Å². The number of nitrogens with one attached hydrogen (secondary N) is 2. The van der Waals surface area contributed by atoms with Gasteiger partial charge in [-0.2, -0.15) is 11.8 Å². The van der Waals surface area contributed by atoms with Gasteiger partial charge in [0, 0.05) is 25.3 Å². The van der Waals surface area contributed by atoms with E-state index in [-0.39, 0.29) is 0 Å². The minimum Gasteiger partial charge on any atom is -0.469 e. The zero-order chi connectivity index (χ0) is 18.0. The Bertz CT molecular complexity index is 704. The van der Waals surface area contributed by atoms with Gasteiger partial charge in [0.1, 0.15) is 5.76 Å². The molecule has 0 atom stereocenters. The van der Waals surface area contributed by atoms with Gasteiger partial charge >= 0.3 is 0 Å². The molecule has 3 rings (SSSR count). The Morgan fingerprint density at radius 2 is 1.96 bits per heavy atom. The molecule has 7 heteroatoms. The first-order valence-corrected chi connectivity index (χ1v) is 10.2. The summed E-state index contributed by atoms with van der Waals surface area (Å²) in [5, 5.41) is 6.77. The van der Waals surface area contributed by atoms with E-state index in [9.17, 15) is 0 Å². The summed E-state index contributed by atoms with van der Waals surface area (Å²) < 4.78 is 16.1. The van der Waals surface area contributed by atoms with Crippen LogP contribution in [0.5, 0.6) is 11.5 Å². The Balaban J connectivity index is 1.46. The summed E-state index contributed by atoms with van der Waals surface area (Å²) in [7, 11) is 0. The first-order chi connectivity index (χ1) is 12.8. The molecule has 140 valence electrons. The Labute approximate surface area is 158 Å². The number of furan rings is 1. The summed E-state index contributed by atoms with van der Waals surface area (Å²) >= 11 is 1.79. The number of ether oxygens (including phenoxy) is 2. The molecule has 0 radical (unpaired) electrons. The van der Waals surface area contributed by atoms with Crippen molar-refractivity contribution in [3.05, 3.63) is 47.9 Å². The van der Waals surface area contributed by atoms with Crippen LogP contribution in [0.3, 0.4) is 0 Å². The van der Waals surface area contributed by atoms with E-state index >= 15 is 0 Å². The van der Waals surface area contributed by atoms with E-state index < -0.39 is 0 Å². The Hall–Kier alpha value is -2.28. The van der Waals surface area contributed by atoms with Gasteiger partial charge in [-0.1, -0.05) is 6.07 Å². The van der Waals surface area contributed by atoms with Crippen molar-refractivity contribution in [2.24, 2.45) is 4.99 Å². The minimum atomic E-state index is 0.308. The van der Waals surface area contributed by atoms with Crippen molar-refractivity contribution in [3.8, 4) is 11.5 Å². The van der Waals surface area contributed by atoms with Crippen LogP contribution in [0, 0.1) is 0 Å².